The van der Waals surface area contributed by atoms with Crippen molar-refractivity contribution in [3.05, 3.63) is 194 Å². The van der Waals surface area contributed by atoms with E-state index in [-0.39, 0.29) is 0 Å². The van der Waals surface area contributed by atoms with Gasteiger partial charge in [0.25, 0.3) is 0 Å². The third-order valence-corrected chi connectivity index (χ3v) is 14.4. The molecule has 0 radical (unpaired) electrons. The van der Waals surface area contributed by atoms with E-state index in [4.69, 9.17) is 19.9 Å². The highest BCUT2D eigenvalue weighted by atomic mass is 28.3. The molecule has 10 rings (SSSR count). The van der Waals surface area contributed by atoms with Crippen molar-refractivity contribution in [2.75, 3.05) is 0 Å². The van der Waals surface area contributed by atoms with Crippen molar-refractivity contribution in [2.45, 2.75) is 13.1 Å². The summed E-state index contributed by atoms with van der Waals surface area (Å²) in [5.41, 5.74) is 14.9. The van der Waals surface area contributed by atoms with Crippen LogP contribution in [0.1, 0.15) is 0 Å². The topological polar surface area (TPSA) is 51.6 Å². The zero-order valence-electron chi connectivity index (χ0n) is 31.8. The van der Waals surface area contributed by atoms with Gasteiger partial charge in [-0.15, -0.1) is 0 Å². The van der Waals surface area contributed by atoms with Gasteiger partial charge in [-0.25, -0.2) is 19.9 Å². The van der Waals surface area contributed by atoms with Crippen molar-refractivity contribution in [1.29, 1.82) is 0 Å². The summed E-state index contributed by atoms with van der Waals surface area (Å²) in [5.74, 6) is 1.47. The third kappa shape index (κ3) is 6.38. The Morgan fingerprint density at radius 1 is 0.333 bits per heavy atom. The van der Waals surface area contributed by atoms with Crippen molar-refractivity contribution in [2.24, 2.45) is 0 Å². The van der Waals surface area contributed by atoms with Crippen LogP contribution in [0.5, 0.6) is 0 Å². The molecule has 5 heteroatoms. The lowest BCUT2D eigenvalue weighted by Crippen LogP contribution is -2.50. The molecule has 270 valence electrons. The first-order valence-electron chi connectivity index (χ1n) is 19.4. The summed E-state index contributed by atoms with van der Waals surface area (Å²) in [5, 5.41) is 2.63. The Bertz CT molecular complexity index is 2870. The Morgan fingerprint density at radius 3 is 1.40 bits per heavy atom. The lowest BCUT2D eigenvalue weighted by molar-refractivity contribution is 1.18. The monoisotopic (exact) mass is 746 g/mol. The number of aromatic nitrogens is 4. The van der Waals surface area contributed by atoms with Gasteiger partial charge in [0.15, 0.2) is 11.6 Å². The van der Waals surface area contributed by atoms with Crippen LogP contribution >= 0.6 is 0 Å². The largest absolute Gasteiger partial charge is 0.237 e. The summed E-state index contributed by atoms with van der Waals surface area (Å²) in [6.45, 7) is 4.82. The summed E-state index contributed by atoms with van der Waals surface area (Å²) in [6.07, 6.45) is 0. The van der Waals surface area contributed by atoms with Gasteiger partial charge in [0, 0.05) is 38.7 Å². The van der Waals surface area contributed by atoms with E-state index in [1.165, 1.54) is 21.6 Å². The van der Waals surface area contributed by atoms with E-state index in [9.17, 15) is 0 Å². The van der Waals surface area contributed by atoms with Crippen LogP contribution in [-0.4, -0.2) is 28.0 Å². The summed E-state index contributed by atoms with van der Waals surface area (Å²) in [4.78, 5) is 20.8. The van der Waals surface area contributed by atoms with Crippen LogP contribution in [0.2, 0.25) is 13.1 Å². The molecular weight excluding hydrogens is 709 g/mol. The predicted molar refractivity (Wildman–Crippen MR) is 238 cm³/mol. The van der Waals surface area contributed by atoms with Gasteiger partial charge < -0.3 is 0 Å². The molecule has 57 heavy (non-hydrogen) atoms. The second-order valence-corrected chi connectivity index (χ2v) is 19.4. The van der Waals surface area contributed by atoms with Crippen LogP contribution in [-0.2, 0) is 0 Å². The zero-order valence-corrected chi connectivity index (χ0v) is 32.8. The smallest absolute Gasteiger partial charge is 0.160 e. The minimum Gasteiger partial charge on any atom is -0.237 e. The van der Waals surface area contributed by atoms with E-state index < -0.39 is 8.07 Å². The molecule has 3 heterocycles. The molecule has 0 aliphatic carbocycles. The molecule has 1 aliphatic rings. The second-order valence-electron chi connectivity index (χ2n) is 15.1. The zero-order chi connectivity index (χ0) is 38.3. The van der Waals surface area contributed by atoms with Gasteiger partial charge in [0.2, 0.25) is 0 Å². The number of hydrogen-bond acceptors (Lipinski definition) is 4. The van der Waals surface area contributed by atoms with Crippen LogP contribution in [0.25, 0.3) is 89.9 Å². The summed E-state index contributed by atoms with van der Waals surface area (Å²) < 4.78 is 0. The number of rotatable bonds is 7. The third-order valence-electron chi connectivity index (χ3n) is 11.1. The molecule has 1 aliphatic heterocycles. The molecule has 0 unspecified atom stereocenters. The molecule has 0 fully saturated rings. The first-order valence-corrected chi connectivity index (χ1v) is 22.4. The lowest BCUT2D eigenvalue weighted by Gasteiger charge is -2.19. The molecule has 7 aromatic carbocycles. The lowest BCUT2D eigenvalue weighted by atomic mass is 9.96. The fraction of sp³-hybridized carbons (Fsp3) is 0.0385. The van der Waals surface area contributed by atoms with Crippen LogP contribution in [0.15, 0.2) is 194 Å². The molecule has 0 saturated carbocycles. The van der Waals surface area contributed by atoms with Gasteiger partial charge in [-0.05, 0) is 57.3 Å². The number of benzene rings is 7. The predicted octanol–water partition coefficient (Wildman–Crippen LogP) is 11.7. The van der Waals surface area contributed by atoms with Crippen molar-refractivity contribution >= 4 is 18.6 Å². The first kappa shape index (κ1) is 34.4. The van der Waals surface area contributed by atoms with Crippen LogP contribution < -0.4 is 10.5 Å². The van der Waals surface area contributed by atoms with Crippen molar-refractivity contribution in [3.63, 3.8) is 0 Å². The molecule has 9 aromatic rings. The Balaban J connectivity index is 1.03. The van der Waals surface area contributed by atoms with Gasteiger partial charge in [-0.3, -0.25) is 0 Å². The van der Waals surface area contributed by atoms with E-state index in [1.54, 1.807) is 0 Å². The summed E-state index contributed by atoms with van der Waals surface area (Å²) in [7, 11) is -2.06. The van der Waals surface area contributed by atoms with E-state index >= 15 is 0 Å². The van der Waals surface area contributed by atoms with E-state index in [0.29, 0.717) is 5.82 Å². The minimum atomic E-state index is -2.06. The van der Waals surface area contributed by atoms with Gasteiger partial charge in [-0.1, -0.05) is 183 Å². The molecule has 0 atom stereocenters. The number of hydrogen-bond donors (Lipinski definition) is 0. The maximum absolute atomic E-state index is 5.41. The second kappa shape index (κ2) is 14.2. The van der Waals surface area contributed by atoms with Gasteiger partial charge >= 0.3 is 0 Å². The van der Waals surface area contributed by atoms with Gasteiger partial charge in [-0.2, -0.15) is 0 Å². The molecule has 0 amide bonds. The molecule has 0 N–H and O–H groups in total. The fourth-order valence-corrected chi connectivity index (χ4v) is 11.0. The molecule has 4 nitrogen and oxygen atoms in total. The maximum Gasteiger partial charge on any atom is 0.160 e. The highest BCUT2D eigenvalue weighted by Crippen LogP contribution is 2.37. The van der Waals surface area contributed by atoms with Crippen molar-refractivity contribution in [1.82, 2.24) is 19.9 Å². The average Bonchev–Trinajstić information content (AvgIpc) is 3.52. The number of nitrogens with zero attached hydrogens (tertiary/aromatic N) is 4. The molecule has 0 spiro atoms. The van der Waals surface area contributed by atoms with Gasteiger partial charge in [0.1, 0.15) is 8.07 Å². The molecule has 2 aromatic heterocycles. The average molecular weight is 747 g/mol. The Kier molecular flexibility index (Phi) is 8.58. The highest BCUT2D eigenvalue weighted by molar-refractivity contribution is 7.03. The fourth-order valence-electron chi connectivity index (χ4n) is 8.12. The van der Waals surface area contributed by atoms with Gasteiger partial charge in [0.05, 0.1) is 17.1 Å². The Morgan fingerprint density at radius 2 is 0.772 bits per heavy atom. The molecule has 0 saturated heterocycles. The highest BCUT2D eigenvalue weighted by Gasteiger charge is 2.41. The Labute approximate surface area is 334 Å². The first-order chi connectivity index (χ1) is 28.0. The quantitative estimate of drug-likeness (QED) is 0.152. The molecule has 0 bridgehead atoms. The van der Waals surface area contributed by atoms with E-state index in [2.05, 4.69) is 171 Å². The normalized spacial score (nSPS) is 12.5. The summed E-state index contributed by atoms with van der Waals surface area (Å²) >= 11 is 0. The van der Waals surface area contributed by atoms with E-state index in [1.807, 2.05) is 36.4 Å². The van der Waals surface area contributed by atoms with Crippen LogP contribution in [0.3, 0.4) is 0 Å². The van der Waals surface area contributed by atoms with Crippen molar-refractivity contribution < 1.29 is 0 Å². The van der Waals surface area contributed by atoms with E-state index in [0.717, 1.165) is 73.0 Å². The molecular formula is C52H38N4Si. The minimum absolute atomic E-state index is 0.706. The van der Waals surface area contributed by atoms with Crippen LogP contribution in [0.4, 0.5) is 0 Å². The summed E-state index contributed by atoms with van der Waals surface area (Å²) in [6, 6.07) is 68.1. The van der Waals surface area contributed by atoms with Crippen LogP contribution in [0, 0.1) is 0 Å². The SMILES string of the molecule is C[Si]1(C)c2ccccc2-c2c(-c3ccccc3)nc(-c3cccc(-c4cccc(-c5cccc(-c6cc(-c7ccccc7)nc(-c7ccccc7)n6)c5)c4)c3)nc21. The Hall–Kier alpha value is -7.08. The number of fused-ring (bicyclic) bond motifs is 3. The van der Waals surface area contributed by atoms with Crippen molar-refractivity contribution in [3.8, 4) is 89.9 Å². The standard InChI is InChI=1S/C52H38N4Si/c1-57(2)47-30-13-12-29-44(47)48-49(36-19-8-4-9-20-36)55-51(56-52(48)57)43-28-16-26-41(33-43)39-24-14-23-38(31-39)40-25-15-27-42(32-40)46-34-45(35-17-6-3-7-18-35)53-50(54-46)37-21-10-5-11-22-37/h3-34H,1-2H3. The maximum atomic E-state index is 5.41.